The first-order valence-corrected chi connectivity index (χ1v) is 6.92. The third-order valence-electron chi connectivity index (χ3n) is 4.27. The number of hydrogen-bond donors (Lipinski definition) is 1. The molecule has 3 rings (SSSR count). The van der Waals surface area contributed by atoms with Crippen LogP contribution in [0.25, 0.3) is 0 Å². The number of nitrogens with two attached hydrogens (primary N) is 1. The molecule has 19 heavy (non-hydrogen) atoms. The summed E-state index contributed by atoms with van der Waals surface area (Å²) in [4.78, 5) is 21.1. The van der Waals surface area contributed by atoms with Crippen LogP contribution < -0.4 is 5.73 Å². The van der Waals surface area contributed by atoms with E-state index in [1.807, 2.05) is 4.90 Å². The predicted molar refractivity (Wildman–Crippen MR) is 73.7 cm³/mol. The van der Waals surface area contributed by atoms with Crippen molar-refractivity contribution in [3.63, 3.8) is 0 Å². The third kappa shape index (κ3) is 2.18. The molecule has 3 heterocycles. The Hall–Kier alpha value is -1.62. The van der Waals surface area contributed by atoms with Gasteiger partial charge in [-0.25, -0.2) is 4.98 Å². The first-order valence-electron chi connectivity index (χ1n) is 6.92. The van der Waals surface area contributed by atoms with Gasteiger partial charge >= 0.3 is 0 Å². The van der Waals surface area contributed by atoms with Gasteiger partial charge in [0, 0.05) is 31.4 Å². The molecule has 102 valence electrons. The summed E-state index contributed by atoms with van der Waals surface area (Å²) in [5.74, 6) is 0.346. The molecule has 2 atom stereocenters. The van der Waals surface area contributed by atoms with E-state index in [1.54, 1.807) is 18.3 Å². The average Bonchev–Trinajstić information content (AvgIpc) is 2.84. The molecule has 2 aliphatic rings. The summed E-state index contributed by atoms with van der Waals surface area (Å²) < 4.78 is 0. The molecule has 2 saturated heterocycles. The van der Waals surface area contributed by atoms with Gasteiger partial charge in [-0.1, -0.05) is 0 Å². The Kier molecular flexibility index (Phi) is 3.14. The van der Waals surface area contributed by atoms with Crippen LogP contribution in [0.4, 0.5) is 5.82 Å². The molecule has 2 unspecified atom stereocenters. The molecule has 5 nitrogen and oxygen atoms in total. The van der Waals surface area contributed by atoms with Crippen LogP contribution in [0.2, 0.25) is 0 Å². The zero-order valence-electron chi connectivity index (χ0n) is 11.2. The molecule has 2 N–H and O–H groups in total. The van der Waals surface area contributed by atoms with Gasteiger partial charge < -0.3 is 10.6 Å². The molecule has 1 amide bonds. The predicted octanol–water partition coefficient (Wildman–Crippen LogP) is 0.972. The van der Waals surface area contributed by atoms with Gasteiger partial charge in [-0.05, 0) is 38.4 Å². The second-order valence-electron chi connectivity index (χ2n) is 5.53. The first kappa shape index (κ1) is 12.4. The number of anilines is 1. The van der Waals surface area contributed by atoms with Crippen LogP contribution in [0.3, 0.4) is 0 Å². The number of aromatic nitrogens is 1. The van der Waals surface area contributed by atoms with Gasteiger partial charge in [-0.2, -0.15) is 0 Å². The van der Waals surface area contributed by atoms with Gasteiger partial charge in [0.25, 0.3) is 5.91 Å². The van der Waals surface area contributed by atoms with E-state index < -0.39 is 0 Å². The Morgan fingerprint density at radius 1 is 1.47 bits per heavy atom. The lowest BCUT2D eigenvalue weighted by Crippen LogP contribution is -2.56. The topological polar surface area (TPSA) is 62.5 Å². The van der Waals surface area contributed by atoms with Gasteiger partial charge in [-0.15, -0.1) is 0 Å². The first-order chi connectivity index (χ1) is 9.16. The quantitative estimate of drug-likeness (QED) is 0.817. The smallest absolute Gasteiger partial charge is 0.257 e. The minimum absolute atomic E-state index is 0.0182. The number of fused-ring (bicyclic) bond motifs is 1. The molecule has 0 radical (unpaired) electrons. The Labute approximate surface area is 113 Å². The number of carbonyl (C=O) groups excluding carboxylic acids is 1. The lowest BCUT2D eigenvalue weighted by Gasteiger charge is -2.42. The summed E-state index contributed by atoms with van der Waals surface area (Å²) >= 11 is 0. The zero-order valence-corrected chi connectivity index (χ0v) is 11.2. The van der Waals surface area contributed by atoms with Crippen LogP contribution in [0, 0.1) is 0 Å². The molecule has 0 aliphatic carbocycles. The Bertz CT molecular complexity index is 490. The number of rotatable bonds is 1. The molecular formula is C14H20N4O. The monoisotopic (exact) mass is 260 g/mol. The highest BCUT2D eigenvalue weighted by Crippen LogP contribution is 2.26. The minimum Gasteiger partial charge on any atom is -0.383 e. The van der Waals surface area contributed by atoms with Crippen molar-refractivity contribution < 1.29 is 4.79 Å². The van der Waals surface area contributed by atoms with Gasteiger partial charge in [0.05, 0.1) is 5.56 Å². The minimum atomic E-state index is 0.0182. The number of carbonyl (C=O) groups is 1. The number of pyridine rings is 1. The standard InChI is InChI=1S/C14H20N4O/c1-10-8-17-7-3-4-11(17)9-18(10)14(19)12-5-2-6-16-13(12)15/h2,5-6,10-11H,3-4,7-9H2,1H3,(H2,15,16). The molecule has 2 aliphatic heterocycles. The van der Waals surface area contributed by atoms with Crippen molar-refractivity contribution in [2.45, 2.75) is 31.8 Å². The molecule has 1 aromatic heterocycles. The highest BCUT2D eigenvalue weighted by molar-refractivity contribution is 5.98. The van der Waals surface area contributed by atoms with Gasteiger partial charge in [-0.3, -0.25) is 9.69 Å². The molecular weight excluding hydrogens is 240 g/mol. The fraction of sp³-hybridized carbons (Fsp3) is 0.571. The second-order valence-corrected chi connectivity index (χ2v) is 5.53. The van der Waals surface area contributed by atoms with E-state index in [0.717, 1.165) is 13.1 Å². The maximum Gasteiger partial charge on any atom is 0.257 e. The Morgan fingerprint density at radius 2 is 2.32 bits per heavy atom. The van der Waals surface area contributed by atoms with Crippen LogP contribution in [0.5, 0.6) is 0 Å². The number of nitrogen functional groups attached to an aromatic ring is 1. The maximum atomic E-state index is 12.6. The number of amides is 1. The summed E-state index contributed by atoms with van der Waals surface area (Å²) in [6.45, 7) is 5.07. The van der Waals surface area contributed by atoms with Crippen molar-refractivity contribution in [2.24, 2.45) is 0 Å². The summed E-state index contributed by atoms with van der Waals surface area (Å²) in [5, 5.41) is 0. The lowest BCUT2D eigenvalue weighted by atomic mass is 10.1. The molecule has 2 fully saturated rings. The van der Waals surface area contributed by atoms with Gasteiger partial charge in [0.1, 0.15) is 5.82 Å². The summed E-state index contributed by atoms with van der Waals surface area (Å²) in [6, 6.07) is 4.29. The number of piperazine rings is 1. The molecule has 0 aromatic carbocycles. The lowest BCUT2D eigenvalue weighted by molar-refractivity contribution is 0.0396. The van der Waals surface area contributed by atoms with Crippen LogP contribution >= 0.6 is 0 Å². The van der Waals surface area contributed by atoms with Crippen molar-refractivity contribution >= 4 is 11.7 Å². The summed E-state index contributed by atoms with van der Waals surface area (Å²) in [5.41, 5.74) is 6.34. The maximum absolute atomic E-state index is 12.6. The van der Waals surface area contributed by atoms with E-state index in [0.29, 0.717) is 17.4 Å². The number of nitrogens with zero attached hydrogens (tertiary/aromatic N) is 3. The molecule has 0 spiro atoms. The highest BCUT2D eigenvalue weighted by Gasteiger charge is 2.37. The Balaban J connectivity index is 1.81. The van der Waals surface area contributed by atoms with E-state index in [4.69, 9.17) is 5.73 Å². The number of hydrogen-bond acceptors (Lipinski definition) is 4. The van der Waals surface area contributed by atoms with Crippen LogP contribution in [-0.2, 0) is 0 Å². The average molecular weight is 260 g/mol. The fourth-order valence-corrected chi connectivity index (χ4v) is 3.22. The van der Waals surface area contributed by atoms with E-state index in [-0.39, 0.29) is 11.9 Å². The fourth-order valence-electron chi connectivity index (χ4n) is 3.22. The van der Waals surface area contributed by atoms with Crippen LogP contribution in [-0.4, -0.2) is 52.4 Å². The van der Waals surface area contributed by atoms with E-state index in [9.17, 15) is 4.79 Å². The van der Waals surface area contributed by atoms with Crippen molar-refractivity contribution in [3.8, 4) is 0 Å². The second kappa shape index (κ2) is 4.81. The normalized spacial score (nSPS) is 27.3. The summed E-state index contributed by atoms with van der Waals surface area (Å²) in [6.07, 6.45) is 4.05. The van der Waals surface area contributed by atoms with Crippen molar-refractivity contribution in [3.05, 3.63) is 23.9 Å². The van der Waals surface area contributed by atoms with Crippen LogP contribution in [0.15, 0.2) is 18.3 Å². The molecule has 1 aromatic rings. The van der Waals surface area contributed by atoms with E-state index >= 15 is 0 Å². The van der Waals surface area contributed by atoms with Crippen LogP contribution in [0.1, 0.15) is 30.1 Å². The molecule has 0 saturated carbocycles. The van der Waals surface area contributed by atoms with Crippen molar-refractivity contribution in [2.75, 3.05) is 25.4 Å². The Morgan fingerprint density at radius 3 is 3.11 bits per heavy atom. The van der Waals surface area contributed by atoms with E-state index in [1.165, 1.54) is 19.4 Å². The zero-order chi connectivity index (χ0) is 13.4. The third-order valence-corrected chi connectivity index (χ3v) is 4.27. The van der Waals surface area contributed by atoms with Crippen molar-refractivity contribution in [1.29, 1.82) is 0 Å². The SMILES string of the molecule is CC1CN2CCCC2CN1C(=O)c1cccnc1N. The summed E-state index contributed by atoms with van der Waals surface area (Å²) in [7, 11) is 0. The van der Waals surface area contributed by atoms with Gasteiger partial charge in [0.15, 0.2) is 0 Å². The molecule has 5 heteroatoms. The van der Waals surface area contributed by atoms with Gasteiger partial charge in [0.2, 0.25) is 0 Å². The highest BCUT2D eigenvalue weighted by atomic mass is 16.2. The largest absolute Gasteiger partial charge is 0.383 e. The molecule has 0 bridgehead atoms. The van der Waals surface area contributed by atoms with E-state index in [2.05, 4.69) is 16.8 Å². The van der Waals surface area contributed by atoms with Crippen molar-refractivity contribution in [1.82, 2.24) is 14.8 Å².